The number of hydrogen-bond acceptors (Lipinski definition) is 3. The smallest absolute Gasteiger partial charge is 0.240 e. The first-order valence-electron chi connectivity index (χ1n) is 6.35. The lowest BCUT2D eigenvalue weighted by Crippen LogP contribution is -2.38. The summed E-state index contributed by atoms with van der Waals surface area (Å²) in [6.07, 6.45) is 2.21. The van der Waals surface area contributed by atoms with Crippen LogP contribution in [0.3, 0.4) is 0 Å². The predicted octanol–water partition coefficient (Wildman–Crippen LogP) is 1.69. The third kappa shape index (κ3) is 4.45. The molecule has 1 fully saturated rings. The summed E-state index contributed by atoms with van der Waals surface area (Å²) in [5.41, 5.74) is 0.784. The molecular formula is C13H21ClN2O2S. The molecule has 0 aliphatic carbocycles. The van der Waals surface area contributed by atoms with E-state index in [9.17, 15) is 8.42 Å². The van der Waals surface area contributed by atoms with E-state index in [1.807, 2.05) is 19.1 Å². The number of sulfonamides is 1. The SMILES string of the molecule is Cc1ccccc1S(=O)(=O)NCC1CCCNC1.Cl. The average Bonchev–Trinajstić information content (AvgIpc) is 2.38. The van der Waals surface area contributed by atoms with Crippen molar-refractivity contribution in [2.45, 2.75) is 24.7 Å². The molecule has 0 saturated carbocycles. The summed E-state index contributed by atoms with van der Waals surface area (Å²) in [4.78, 5) is 0.383. The van der Waals surface area contributed by atoms with E-state index in [-0.39, 0.29) is 12.4 Å². The third-order valence-electron chi connectivity index (χ3n) is 3.34. The van der Waals surface area contributed by atoms with E-state index in [1.165, 1.54) is 0 Å². The molecule has 2 rings (SSSR count). The van der Waals surface area contributed by atoms with Gasteiger partial charge >= 0.3 is 0 Å². The van der Waals surface area contributed by atoms with Gasteiger partial charge in [-0.25, -0.2) is 13.1 Å². The van der Waals surface area contributed by atoms with Gasteiger partial charge in [0.05, 0.1) is 4.90 Å². The van der Waals surface area contributed by atoms with Crippen LogP contribution in [0.1, 0.15) is 18.4 Å². The van der Waals surface area contributed by atoms with Crippen LogP contribution in [0.2, 0.25) is 0 Å². The van der Waals surface area contributed by atoms with Crippen molar-refractivity contribution >= 4 is 22.4 Å². The fourth-order valence-corrected chi connectivity index (χ4v) is 3.62. The van der Waals surface area contributed by atoms with E-state index in [4.69, 9.17) is 0 Å². The van der Waals surface area contributed by atoms with E-state index in [0.717, 1.165) is 31.5 Å². The maximum absolute atomic E-state index is 12.2. The molecule has 1 unspecified atom stereocenters. The van der Waals surface area contributed by atoms with Crippen molar-refractivity contribution < 1.29 is 8.42 Å². The summed E-state index contributed by atoms with van der Waals surface area (Å²) in [6, 6.07) is 7.07. The highest BCUT2D eigenvalue weighted by Crippen LogP contribution is 2.15. The Hall–Kier alpha value is -0.620. The fourth-order valence-electron chi connectivity index (χ4n) is 2.26. The molecule has 108 valence electrons. The van der Waals surface area contributed by atoms with Crippen LogP contribution in [0.5, 0.6) is 0 Å². The molecule has 0 spiro atoms. The van der Waals surface area contributed by atoms with Crippen molar-refractivity contribution in [3.63, 3.8) is 0 Å². The van der Waals surface area contributed by atoms with E-state index in [1.54, 1.807) is 12.1 Å². The quantitative estimate of drug-likeness (QED) is 0.890. The Morgan fingerprint density at radius 2 is 2.11 bits per heavy atom. The van der Waals surface area contributed by atoms with Crippen molar-refractivity contribution in [1.82, 2.24) is 10.0 Å². The van der Waals surface area contributed by atoms with Crippen LogP contribution in [0, 0.1) is 12.8 Å². The Balaban J connectivity index is 0.00000180. The highest BCUT2D eigenvalue weighted by molar-refractivity contribution is 7.89. The van der Waals surface area contributed by atoms with Crippen molar-refractivity contribution in [3.05, 3.63) is 29.8 Å². The molecule has 1 aliphatic heterocycles. The van der Waals surface area contributed by atoms with Crippen LogP contribution >= 0.6 is 12.4 Å². The first-order valence-corrected chi connectivity index (χ1v) is 7.84. The molecule has 19 heavy (non-hydrogen) atoms. The van der Waals surface area contributed by atoms with Crippen molar-refractivity contribution in [2.75, 3.05) is 19.6 Å². The standard InChI is InChI=1S/C13H20N2O2S.ClH/c1-11-5-2-3-7-13(11)18(16,17)15-10-12-6-4-8-14-9-12;/h2-3,5,7,12,14-15H,4,6,8-10H2,1H3;1H. The van der Waals surface area contributed by atoms with Gasteiger partial charge in [-0.15, -0.1) is 12.4 Å². The van der Waals surface area contributed by atoms with Crippen molar-refractivity contribution in [1.29, 1.82) is 0 Å². The van der Waals surface area contributed by atoms with Gasteiger partial charge < -0.3 is 5.32 Å². The van der Waals surface area contributed by atoms with Crippen LogP contribution in [-0.2, 0) is 10.0 Å². The van der Waals surface area contributed by atoms with Crippen LogP contribution in [-0.4, -0.2) is 28.1 Å². The monoisotopic (exact) mass is 304 g/mol. The number of hydrogen-bond donors (Lipinski definition) is 2. The van der Waals surface area contributed by atoms with Gasteiger partial charge in [0.2, 0.25) is 10.0 Å². The van der Waals surface area contributed by atoms with Gasteiger partial charge in [0, 0.05) is 6.54 Å². The summed E-state index contributed by atoms with van der Waals surface area (Å²) in [5.74, 6) is 0.401. The lowest BCUT2D eigenvalue weighted by molar-refractivity contribution is 0.376. The molecule has 0 amide bonds. The molecule has 1 aromatic rings. The molecule has 0 radical (unpaired) electrons. The fraction of sp³-hybridized carbons (Fsp3) is 0.538. The van der Waals surface area contributed by atoms with Gasteiger partial charge in [-0.05, 0) is 50.4 Å². The molecule has 4 nitrogen and oxygen atoms in total. The zero-order chi connectivity index (χ0) is 13.0. The third-order valence-corrected chi connectivity index (χ3v) is 4.93. The Bertz CT molecular complexity index is 499. The predicted molar refractivity (Wildman–Crippen MR) is 79.2 cm³/mol. The molecule has 0 bridgehead atoms. The Morgan fingerprint density at radius 3 is 2.74 bits per heavy atom. The summed E-state index contributed by atoms with van der Waals surface area (Å²) < 4.78 is 27.0. The number of rotatable bonds is 4. The zero-order valence-electron chi connectivity index (χ0n) is 11.1. The second-order valence-corrected chi connectivity index (χ2v) is 6.57. The number of piperidine rings is 1. The highest BCUT2D eigenvalue weighted by Gasteiger charge is 2.19. The molecule has 6 heteroatoms. The van der Waals surface area contributed by atoms with Crippen LogP contribution in [0.15, 0.2) is 29.2 Å². The molecular weight excluding hydrogens is 284 g/mol. The lowest BCUT2D eigenvalue weighted by Gasteiger charge is -2.23. The van der Waals surface area contributed by atoms with Gasteiger partial charge in [0.1, 0.15) is 0 Å². The van der Waals surface area contributed by atoms with E-state index in [2.05, 4.69) is 10.0 Å². The van der Waals surface area contributed by atoms with E-state index < -0.39 is 10.0 Å². The largest absolute Gasteiger partial charge is 0.316 e. The number of aryl methyl sites for hydroxylation is 1. The van der Waals surface area contributed by atoms with E-state index >= 15 is 0 Å². The maximum Gasteiger partial charge on any atom is 0.240 e. The molecule has 0 aromatic heterocycles. The van der Waals surface area contributed by atoms with Crippen molar-refractivity contribution in [2.24, 2.45) is 5.92 Å². The summed E-state index contributed by atoms with van der Waals surface area (Å²) in [5, 5.41) is 3.29. The molecule has 1 heterocycles. The Kier molecular flexibility index (Phi) is 6.26. The number of nitrogens with one attached hydrogen (secondary N) is 2. The Labute approximate surface area is 121 Å². The normalized spacial score (nSPS) is 19.7. The van der Waals surface area contributed by atoms with Crippen LogP contribution in [0.4, 0.5) is 0 Å². The minimum Gasteiger partial charge on any atom is -0.316 e. The van der Waals surface area contributed by atoms with Crippen LogP contribution < -0.4 is 10.0 Å². The van der Waals surface area contributed by atoms with Crippen LogP contribution in [0.25, 0.3) is 0 Å². The first-order chi connectivity index (χ1) is 8.59. The van der Waals surface area contributed by atoms with Crippen molar-refractivity contribution in [3.8, 4) is 0 Å². The minimum absolute atomic E-state index is 0. The van der Waals surface area contributed by atoms with E-state index in [0.29, 0.717) is 17.4 Å². The second-order valence-electron chi connectivity index (χ2n) is 4.83. The first kappa shape index (κ1) is 16.4. The summed E-state index contributed by atoms with van der Waals surface area (Å²) in [6.45, 7) is 4.28. The average molecular weight is 305 g/mol. The number of benzene rings is 1. The highest BCUT2D eigenvalue weighted by atomic mass is 35.5. The molecule has 2 N–H and O–H groups in total. The van der Waals surface area contributed by atoms with Gasteiger partial charge in [-0.1, -0.05) is 18.2 Å². The van der Waals surface area contributed by atoms with Gasteiger partial charge in [0.25, 0.3) is 0 Å². The summed E-state index contributed by atoms with van der Waals surface area (Å²) in [7, 11) is -3.37. The topological polar surface area (TPSA) is 58.2 Å². The number of halogens is 1. The molecule has 1 saturated heterocycles. The Morgan fingerprint density at radius 1 is 1.37 bits per heavy atom. The summed E-state index contributed by atoms with van der Waals surface area (Å²) >= 11 is 0. The van der Waals surface area contributed by atoms with Gasteiger partial charge in [-0.3, -0.25) is 0 Å². The van der Waals surface area contributed by atoms with Gasteiger partial charge in [0.15, 0.2) is 0 Å². The zero-order valence-corrected chi connectivity index (χ0v) is 12.7. The maximum atomic E-state index is 12.2. The van der Waals surface area contributed by atoms with Gasteiger partial charge in [-0.2, -0.15) is 0 Å². The minimum atomic E-state index is -3.37. The molecule has 1 aromatic carbocycles. The molecule has 1 aliphatic rings. The lowest BCUT2D eigenvalue weighted by atomic mass is 10.0. The second kappa shape index (κ2) is 7.24. The molecule has 1 atom stereocenters.